The molecule has 1 aromatic rings. The van der Waals surface area contributed by atoms with Crippen LogP contribution in [0.2, 0.25) is 0 Å². The molecule has 6 heteroatoms. The van der Waals surface area contributed by atoms with Crippen molar-refractivity contribution in [1.82, 2.24) is 10.2 Å². The number of aliphatic carboxylic acids is 1. The molecule has 0 aliphatic carbocycles. The van der Waals surface area contributed by atoms with Gasteiger partial charge in [0.1, 0.15) is 5.82 Å². The quantitative estimate of drug-likeness (QED) is 0.872. The zero-order valence-corrected chi connectivity index (χ0v) is 11.0. The number of likely N-dealkylation sites (tertiary alicyclic amines) is 1. The zero-order valence-electron chi connectivity index (χ0n) is 11.0. The van der Waals surface area contributed by atoms with Crippen LogP contribution in [0.15, 0.2) is 24.3 Å². The standard InChI is InChI=1S/C14H17FN2O3/c15-12-5-3-10(4-6-12)13(18)16-9-17-7-1-2-11(8-17)14(19)20/h3-6,11H,1-2,7-9H2,(H,16,18)(H,19,20). The van der Waals surface area contributed by atoms with Crippen LogP contribution in [0.3, 0.4) is 0 Å². The highest BCUT2D eigenvalue weighted by atomic mass is 19.1. The molecule has 1 aromatic carbocycles. The molecule has 1 amide bonds. The smallest absolute Gasteiger partial charge is 0.307 e. The van der Waals surface area contributed by atoms with Crippen LogP contribution in [0.1, 0.15) is 23.2 Å². The van der Waals surface area contributed by atoms with Crippen molar-refractivity contribution in [2.24, 2.45) is 5.92 Å². The fraction of sp³-hybridized carbons (Fsp3) is 0.429. The third kappa shape index (κ3) is 3.77. The number of nitrogens with zero attached hydrogens (tertiary/aromatic N) is 1. The fourth-order valence-electron chi connectivity index (χ4n) is 2.29. The second-order valence-corrected chi connectivity index (χ2v) is 4.93. The maximum atomic E-state index is 12.7. The van der Waals surface area contributed by atoms with Crippen LogP contribution in [-0.4, -0.2) is 41.6 Å². The number of carbonyl (C=O) groups excluding carboxylic acids is 1. The molecule has 108 valence electrons. The van der Waals surface area contributed by atoms with Crippen molar-refractivity contribution >= 4 is 11.9 Å². The Morgan fingerprint density at radius 3 is 2.70 bits per heavy atom. The average Bonchev–Trinajstić information content (AvgIpc) is 2.46. The lowest BCUT2D eigenvalue weighted by atomic mass is 9.99. The van der Waals surface area contributed by atoms with Gasteiger partial charge in [-0.15, -0.1) is 0 Å². The first-order valence-corrected chi connectivity index (χ1v) is 6.55. The highest BCUT2D eigenvalue weighted by Gasteiger charge is 2.25. The van der Waals surface area contributed by atoms with E-state index < -0.39 is 5.97 Å². The Labute approximate surface area is 116 Å². The van der Waals surface area contributed by atoms with Gasteiger partial charge in [-0.05, 0) is 43.7 Å². The minimum Gasteiger partial charge on any atom is -0.481 e. The molecule has 1 saturated heterocycles. The number of amides is 1. The summed E-state index contributed by atoms with van der Waals surface area (Å²) in [7, 11) is 0. The second kappa shape index (κ2) is 6.47. The molecule has 0 saturated carbocycles. The van der Waals surface area contributed by atoms with E-state index in [1.54, 1.807) is 0 Å². The van der Waals surface area contributed by atoms with Crippen LogP contribution in [-0.2, 0) is 4.79 Å². The molecule has 1 aliphatic heterocycles. The van der Waals surface area contributed by atoms with Crippen LogP contribution >= 0.6 is 0 Å². The molecule has 1 aliphatic rings. The van der Waals surface area contributed by atoms with Crippen LogP contribution in [0, 0.1) is 11.7 Å². The topological polar surface area (TPSA) is 69.6 Å². The number of rotatable bonds is 4. The molecule has 0 spiro atoms. The van der Waals surface area contributed by atoms with Gasteiger partial charge in [0.15, 0.2) is 0 Å². The van der Waals surface area contributed by atoms with Crippen molar-refractivity contribution in [3.63, 3.8) is 0 Å². The summed E-state index contributed by atoms with van der Waals surface area (Å²) in [6.07, 6.45) is 1.49. The summed E-state index contributed by atoms with van der Waals surface area (Å²) in [5, 5.41) is 11.7. The van der Waals surface area contributed by atoms with E-state index in [-0.39, 0.29) is 17.6 Å². The van der Waals surface area contributed by atoms with Crippen molar-refractivity contribution < 1.29 is 19.1 Å². The lowest BCUT2D eigenvalue weighted by Crippen LogP contribution is -2.44. The molecule has 0 aromatic heterocycles. The summed E-state index contributed by atoms with van der Waals surface area (Å²) >= 11 is 0. The third-order valence-electron chi connectivity index (χ3n) is 3.42. The van der Waals surface area contributed by atoms with E-state index in [1.165, 1.54) is 24.3 Å². The number of halogens is 1. The van der Waals surface area contributed by atoms with Crippen molar-refractivity contribution in [1.29, 1.82) is 0 Å². The molecule has 0 radical (unpaired) electrons. The Kier molecular flexibility index (Phi) is 4.68. The maximum absolute atomic E-state index is 12.7. The van der Waals surface area contributed by atoms with Gasteiger partial charge in [0.25, 0.3) is 5.91 Å². The first-order valence-electron chi connectivity index (χ1n) is 6.55. The van der Waals surface area contributed by atoms with E-state index in [0.717, 1.165) is 13.0 Å². The number of carboxylic acid groups (broad SMARTS) is 1. The summed E-state index contributed by atoms with van der Waals surface area (Å²) < 4.78 is 12.7. The third-order valence-corrected chi connectivity index (χ3v) is 3.42. The first-order chi connectivity index (χ1) is 9.56. The Morgan fingerprint density at radius 2 is 2.05 bits per heavy atom. The summed E-state index contributed by atoms with van der Waals surface area (Å²) in [6.45, 7) is 1.52. The van der Waals surface area contributed by atoms with Crippen LogP contribution < -0.4 is 5.32 Å². The number of piperidine rings is 1. The van der Waals surface area contributed by atoms with Gasteiger partial charge >= 0.3 is 5.97 Å². The number of benzene rings is 1. The molecule has 0 bridgehead atoms. The van der Waals surface area contributed by atoms with Gasteiger partial charge in [-0.25, -0.2) is 4.39 Å². The molecule has 1 fully saturated rings. The second-order valence-electron chi connectivity index (χ2n) is 4.93. The number of carbonyl (C=O) groups is 2. The molecule has 5 nitrogen and oxygen atoms in total. The molecule has 20 heavy (non-hydrogen) atoms. The molecular formula is C14H17FN2O3. The predicted molar refractivity (Wildman–Crippen MR) is 70.7 cm³/mol. The minimum atomic E-state index is -0.792. The highest BCUT2D eigenvalue weighted by Crippen LogP contribution is 2.15. The Hall–Kier alpha value is -1.95. The Bertz CT molecular complexity index is 490. The molecule has 1 heterocycles. The van der Waals surface area contributed by atoms with E-state index in [1.807, 2.05) is 4.90 Å². The van der Waals surface area contributed by atoms with E-state index >= 15 is 0 Å². The Morgan fingerprint density at radius 1 is 1.35 bits per heavy atom. The largest absolute Gasteiger partial charge is 0.481 e. The first kappa shape index (κ1) is 14.5. The Balaban J connectivity index is 1.84. The zero-order chi connectivity index (χ0) is 14.5. The van der Waals surface area contributed by atoms with E-state index in [9.17, 15) is 14.0 Å². The summed E-state index contributed by atoms with van der Waals surface area (Å²) in [4.78, 5) is 24.7. The van der Waals surface area contributed by atoms with Crippen LogP contribution in [0.4, 0.5) is 4.39 Å². The van der Waals surface area contributed by atoms with Crippen LogP contribution in [0.25, 0.3) is 0 Å². The van der Waals surface area contributed by atoms with Gasteiger partial charge in [0.05, 0.1) is 12.6 Å². The number of carboxylic acids is 1. The molecule has 2 N–H and O–H groups in total. The SMILES string of the molecule is O=C(NCN1CCCC(C(=O)O)C1)c1ccc(F)cc1. The number of nitrogens with one attached hydrogen (secondary N) is 1. The van der Waals surface area contributed by atoms with Crippen molar-refractivity contribution in [2.45, 2.75) is 12.8 Å². The van der Waals surface area contributed by atoms with Crippen molar-refractivity contribution in [3.05, 3.63) is 35.6 Å². The number of hydrogen-bond acceptors (Lipinski definition) is 3. The number of hydrogen-bond donors (Lipinski definition) is 2. The molecule has 1 unspecified atom stereocenters. The molecular weight excluding hydrogens is 263 g/mol. The van der Waals surface area contributed by atoms with Gasteiger partial charge in [0, 0.05) is 12.1 Å². The van der Waals surface area contributed by atoms with E-state index in [4.69, 9.17) is 5.11 Å². The van der Waals surface area contributed by atoms with Crippen molar-refractivity contribution in [2.75, 3.05) is 19.8 Å². The molecule has 1 atom stereocenters. The van der Waals surface area contributed by atoms with E-state index in [2.05, 4.69) is 5.32 Å². The van der Waals surface area contributed by atoms with E-state index in [0.29, 0.717) is 25.2 Å². The van der Waals surface area contributed by atoms with Gasteiger partial charge in [0.2, 0.25) is 0 Å². The van der Waals surface area contributed by atoms with Gasteiger partial charge < -0.3 is 10.4 Å². The predicted octanol–water partition coefficient (Wildman–Crippen LogP) is 1.31. The van der Waals surface area contributed by atoms with Gasteiger partial charge in [-0.1, -0.05) is 0 Å². The monoisotopic (exact) mass is 280 g/mol. The summed E-state index contributed by atoms with van der Waals surface area (Å²) in [5.41, 5.74) is 0.387. The van der Waals surface area contributed by atoms with Crippen LogP contribution in [0.5, 0.6) is 0 Å². The normalized spacial score (nSPS) is 19.6. The lowest BCUT2D eigenvalue weighted by molar-refractivity contribution is -0.143. The molecule has 2 rings (SSSR count). The average molecular weight is 280 g/mol. The minimum absolute atomic E-state index is 0.289. The summed E-state index contributed by atoms with van der Waals surface area (Å²) in [6, 6.07) is 5.30. The fourth-order valence-corrected chi connectivity index (χ4v) is 2.29. The van der Waals surface area contributed by atoms with Gasteiger partial charge in [-0.2, -0.15) is 0 Å². The van der Waals surface area contributed by atoms with Gasteiger partial charge in [-0.3, -0.25) is 14.5 Å². The lowest BCUT2D eigenvalue weighted by Gasteiger charge is -2.30. The van der Waals surface area contributed by atoms with Crippen molar-refractivity contribution in [3.8, 4) is 0 Å². The summed E-state index contributed by atoms with van der Waals surface area (Å²) in [5.74, 6) is -1.84. The highest BCUT2D eigenvalue weighted by molar-refractivity contribution is 5.94. The maximum Gasteiger partial charge on any atom is 0.307 e.